The van der Waals surface area contributed by atoms with E-state index in [9.17, 15) is 4.79 Å². The monoisotopic (exact) mass is 405 g/mol. The molecule has 2 N–H and O–H groups in total. The molecule has 3 aromatic rings. The molecular formula is C24H31N5O. The van der Waals surface area contributed by atoms with Gasteiger partial charge in [0.15, 0.2) is 0 Å². The lowest BCUT2D eigenvalue weighted by molar-refractivity contribution is 0.206. The average Bonchev–Trinajstić information content (AvgIpc) is 3.29. The predicted octanol–water partition coefficient (Wildman–Crippen LogP) is 3.81. The van der Waals surface area contributed by atoms with Crippen molar-refractivity contribution in [2.45, 2.75) is 33.0 Å². The highest BCUT2D eigenvalue weighted by molar-refractivity contribution is 5.73. The molecule has 3 rings (SSSR count). The first-order valence-corrected chi connectivity index (χ1v) is 10.6. The summed E-state index contributed by atoms with van der Waals surface area (Å²) in [4.78, 5) is 14.8. The van der Waals surface area contributed by atoms with Crippen molar-refractivity contribution in [2.75, 3.05) is 19.6 Å². The van der Waals surface area contributed by atoms with Gasteiger partial charge in [0.2, 0.25) is 0 Å². The molecule has 0 aliphatic rings. The van der Waals surface area contributed by atoms with Crippen molar-refractivity contribution in [1.29, 1.82) is 0 Å². The quantitative estimate of drug-likeness (QED) is 0.539. The molecule has 1 unspecified atom stereocenters. The molecule has 1 heterocycles. The highest BCUT2D eigenvalue weighted by atomic mass is 16.2. The van der Waals surface area contributed by atoms with Crippen molar-refractivity contribution in [1.82, 2.24) is 25.3 Å². The molecule has 0 saturated carbocycles. The van der Waals surface area contributed by atoms with Crippen LogP contribution in [0.5, 0.6) is 0 Å². The SMILES string of the molecule is CCN(CC)C(CNC(=O)NCc1cccc(Cn2cccn2)c1)c1ccccc1. The first-order chi connectivity index (χ1) is 14.7. The van der Waals surface area contributed by atoms with E-state index in [1.165, 1.54) is 5.56 Å². The van der Waals surface area contributed by atoms with E-state index in [-0.39, 0.29) is 12.1 Å². The van der Waals surface area contributed by atoms with Crippen molar-refractivity contribution in [3.63, 3.8) is 0 Å². The zero-order valence-corrected chi connectivity index (χ0v) is 17.8. The van der Waals surface area contributed by atoms with Gasteiger partial charge in [0.25, 0.3) is 0 Å². The number of carbonyl (C=O) groups is 1. The number of carbonyl (C=O) groups excluding carboxylic acids is 1. The molecule has 0 spiro atoms. The first kappa shape index (κ1) is 21.6. The standard InChI is InChI=1S/C24H31N5O/c1-3-28(4-2)23(22-12-6-5-7-13-22)18-26-24(30)25-17-20-10-8-11-21(16-20)19-29-15-9-14-27-29/h5-16,23H,3-4,17-19H2,1-2H3,(H2,25,26,30). The van der Waals surface area contributed by atoms with Crippen LogP contribution < -0.4 is 10.6 Å². The summed E-state index contributed by atoms with van der Waals surface area (Å²) in [6.07, 6.45) is 3.72. The summed E-state index contributed by atoms with van der Waals surface area (Å²) in [7, 11) is 0. The van der Waals surface area contributed by atoms with E-state index in [0.717, 1.165) is 30.8 Å². The van der Waals surface area contributed by atoms with Crippen LogP contribution in [0.4, 0.5) is 4.79 Å². The van der Waals surface area contributed by atoms with Crippen molar-refractivity contribution in [2.24, 2.45) is 0 Å². The number of nitrogens with zero attached hydrogens (tertiary/aromatic N) is 3. The van der Waals surface area contributed by atoms with Crippen LogP contribution in [-0.4, -0.2) is 40.3 Å². The van der Waals surface area contributed by atoms with Crippen LogP contribution in [0.2, 0.25) is 0 Å². The fourth-order valence-corrected chi connectivity index (χ4v) is 3.65. The molecule has 0 aliphatic heterocycles. The number of likely N-dealkylation sites (N-methyl/N-ethyl adjacent to an activating group) is 1. The third-order valence-electron chi connectivity index (χ3n) is 5.24. The average molecular weight is 406 g/mol. The maximum atomic E-state index is 12.4. The summed E-state index contributed by atoms with van der Waals surface area (Å²) in [5.74, 6) is 0. The fraction of sp³-hybridized carbons (Fsp3) is 0.333. The number of aromatic nitrogens is 2. The largest absolute Gasteiger partial charge is 0.336 e. The summed E-state index contributed by atoms with van der Waals surface area (Å²) < 4.78 is 1.89. The maximum absolute atomic E-state index is 12.4. The normalized spacial score (nSPS) is 12.0. The molecule has 6 heteroatoms. The Bertz CT molecular complexity index is 891. The number of nitrogens with one attached hydrogen (secondary N) is 2. The van der Waals surface area contributed by atoms with E-state index in [1.54, 1.807) is 6.20 Å². The second kappa shape index (κ2) is 11.2. The Morgan fingerprint density at radius 3 is 2.47 bits per heavy atom. The van der Waals surface area contributed by atoms with Crippen LogP contribution in [0.25, 0.3) is 0 Å². The summed E-state index contributed by atoms with van der Waals surface area (Å²) in [5.41, 5.74) is 3.44. The maximum Gasteiger partial charge on any atom is 0.315 e. The lowest BCUT2D eigenvalue weighted by Gasteiger charge is -2.30. The number of hydrogen-bond donors (Lipinski definition) is 2. The molecule has 0 aliphatic carbocycles. The number of rotatable bonds is 10. The van der Waals surface area contributed by atoms with Gasteiger partial charge in [-0.2, -0.15) is 5.10 Å². The molecule has 158 valence electrons. The lowest BCUT2D eigenvalue weighted by Crippen LogP contribution is -2.42. The molecule has 1 atom stereocenters. The summed E-state index contributed by atoms with van der Waals surface area (Å²) >= 11 is 0. The van der Waals surface area contributed by atoms with Gasteiger partial charge in [-0.3, -0.25) is 9.58 Å². The third kappa shape index (κ3) is 6.19. The van der Waals surface area contributed by atoms with Gasteiger partial charge < -0.3 is 10.6 Å². The van der Waals surface area contributed by atoms with Crippen LogP contribution >= 0.6 is 0 Å². The Kier molecular flexibility index (Phi) is 8.03. The summed E-state index contributed by atoms with van der Waals surface area (Å²) in [6.45, 7) is 7.93. The fourth-order valence-electron chi connectivity index (χ4n) is 3.65. The van der Waals surface area contributed by atoms with Crippen LogP contribution in [-0.2, 0) is 13.1 Å². The molecule has 1 aromatic heterocycles. The number of amides is 2. The molecular weight excluding hydrogens is 374 g/mol. The molecule has 0 radical (unpaired) electrons. The predicted molar refractivity (Wildman–Crippen MR) is 120 cm³/mol. The number of benzene rings is 2. The van der Waals surface area contributed by atoms with Crippen molar-refractivity contribution in [3.8, 4) is 0 Å². The second-order valence-corrected chi connectivity index (χ2v) is 7.23. The first-order valence-electron chi connectivity index (χ1n) is 10.6. The number of hydrogen-bond acceptors (Lipinski definition) is 3. The second-order valence-electron chi connectivity index (χ2n) is 7.23. The molecule has 6 nitrogen and oxygen atoms in total. The molecule has 0 bridgehead atoms. The number of urea groups is 1. The minimum atomic E-state index is -0.152. The van der Waals surface area contributed by atoms with Gasteiger partial charge in [-0.25, -0.2) is 4.79 Å². The van der Waals surface area contributed by atoms with Gasteiger partial charge in [0, 0.05) is 25.5 Å². The van der Waals surface area contributed by atoms with Gasteiger partial charge in [-0.05, 0) is 35.8 Å². The lowest BCUT2D eigenvalue weighted by atomic mass is 10.1. The van der Waals surface area contributed by atoms with Crippen molar-refractivity contribution in [3.05, 3.63) is 89.7 Å². The highest BCUT2D eigenvalue weighted by Crippen LogP contribution is 2.19. The molecule has 30 heavy (non-hydrogen) atoms. The van der Waals surface area contributed by atoms with E-state index in [2.05, 4.69) is 58.7 Å². The van der Waals surface area contributed by atoms with E-state index >= 15 is 0 Å². The Labute approximate surface area is 178 Å². The zero-order chi connectivity index (χ0) is 21.2. The van der Waals surface area contributed by atoms with E-state index < -0.39 is 0 Å². The van der Waals surface area contributed by atoms with E-state index in [4.69, 9.17) is 0 Å². The molecule has 0 saturated heterocycles. The van der Waals surface area contributed by atoms with Gasteiger partial charge in [-0.15, -0.1) is 0 Å². The van der Waals surface area contributed by atoms with Crippen molar-refractivity contribution >= 4 is 6.03 Å². The molecule has 2 aromatic carbocycles. The van der Waals surface area contributed by atoms with Gasteiger partial charge >= 0.3 is 6.03 Å². The minimum Gasteiger partial charge on any atom is -0.336 e. The minimum absolute atomic E-state index is 0.152. The summed E-state index contributed by atoms with van der Waals surface area (Å²) in [6, 6.07) is 20.5. The van der Waals surface area contributed by atoms with Crippen LogP contribution in [0.15, 0.2) is 73.1 Å². The van der Waals surface area contributed by atoms with Crippen LogP contribution in [0.1, 0.15) is 36.6 Å². The Morgan fingerprint density at radius 1 is 1.00 bits per heavy atom. The Hall–Kier alpha value is -3.12. The van der Waals surface area contributed by atoms with Gasteiger partial charge in [0.05, 0.1) is 12.6 Å². The topological polar surface area (TPSA) is 62.2 Å². The summed E-state index contributed by atoms with van der Waals surface area (Å²) in [5, 5.41) is 10.3. The third-order valence-corrected chi connectivity index (χ3v) is 5.24. The zero-order valence-electron chi connectivity index (χ0n) is 17.8. The van der Waals surface area contributed by atoms with Gasteiger partial charge in [0.1, 0.15) is 0 Å². The Balaban J connectivity index is 1.53. The Morgan fingerprint density at radius 2 is 1.77 bits per heavy atom. The van der Waals surface area contributed by atoms with E-state index in [0.29, 0.717) is 13.1 Å². The molecule has 2 amide bonds. The van der Waals surface area contributed by atoms with Crippen LogP contribution in [0, 0.1) is 0 Å². The van der Waals surface area contributed by atoms with Crippen LogP contribution in [0.3, 0.4) is 0 Å². The van der Waals surface area contributed by atoms with Crippen molar-refractivity contribution < 1.29 is 4.79 Å². The molecule has 0 fully saturated rings. The highest BCUT2D eigenvalue weighted by Gasteiger charge is 2.18. The van der Waals surface area contributed by atoms with Gasteiger partial charge in [-0.1, -0.05) is 68.4 Å². The van der Waals surface area contributed by atoms with E-state index in [1.807, 2.05) is 47.3 Å². The smallest absolute Gasteiger partial charge is 0.315 e.